The van der Waals surface area contributed by atoms with Crippen molar-refractivity contribution >= 4 is 43.9 Å². The SMILES string of the molecule is O=[N+]([O-])c1cccc(S(=O)(=O)Nc2cc(SCc3ccccc3)c(O)c3ccccc23)c1. The summed E-state index contributed by atoms with van der Waals surface area (Å²) in [5.74, 6) is 0.656. The molecule has 0 radical (unpaired) electrons. The molecule has 0 aliphatic carbocycles. The first-order valence-corrected chi connectivity index (χ1v) is 12.0. The molecule has 0 heterocycles. The minimum absolute atomic E-state index is 0.0693. The summed E-state index contributed by atoms with van der Waals surface area (Å²) in [4.78, 5) is 10.7. The molecule has 4 aromatic carbocycles. The number of sulfonamides is 1. The van der Waals surface area contributed by atoms with Gasteiger partial charge in [-0.15, -0.1) is 11.8 Å². The summed E-state index contributed by atoms with van der Waals surface area (Å²) >= 11 is 1.38. The van der Waals surface area contributed by atoms with Crippen LogP contribution >= 0.6 is 11.8 Å². The number of non-ortho nitro benzene ring substituents is 1. The fraction of sp³-hybridized carbons (Fsp3) is 0.0435. The van der Waals surface area contributed by atoms with Gasteiger partial charge in [0, 0.05) is 28.7 Å². The van der Waals surface area contributed by atoms with E-state index < -0.39 is 14.9 Å². The van der Waals surface area contributed by atoms with Gasteiger partial charge in [0.1, 0.15) is 5.75 Å². The third-order valence-corrected chi connectivity index (χ3v) is 7.26. The minimum Gasteiger partial charge on any atom is -0.506 e. The second-order valence-corrected chi connectivity index (χ2v) is 9.65. The van der Waals surface area contributed by atoms with Crippen molar-refractivity contribution in [2.45, 2.75) is 15.5 Å². The van der Waals surface area contributed by atoms with E-state index in [2.05, 4.69) is 4.72 Å². The molecule has 0 atom stereocenters. The van der Waals surface area contributed by atoms with Crippen LogP contribution in [0.4, 0.5) is 11.4 Å². The number of nitro benzene ring substituents is 1. The Labute approximate surface area is 188 Å². The van der Waals surface area contributed by atoms with E-state index in [9.17, 15) is 23.6 Å². The number of anilines is 1. The monoisotopic (exact) mass is 466 g/mol. The second-order valence-electron chi connectivity index (χ2n) is 6.95. The Kier molecular flexibility index (Phi) is 6.02. The quantitative estimate of drug-likeness (QED) is 0.160. The van der Waals surface area contributed by atoms with E-state index in [1.165, 1.54) is 30.0 Å². The number of phenolic OH excluding ortho intramolecular Hbond substituents is 1. The van der Waals surface area contributed by atoms with Gasteiger partial charge >= 0.3 is 0 Å². The van der Waals surface area contributed by atoms with Crippen LogP contribution < -0.4 is 4.72 Å². The lowest BCUT2D eigenvalue weighted by Gasteiger charge is -2.15. The number of nitrogens with zero attached hydrogens (tertiary/aromatic N) is 1. The maximum absolute atomic E-state index is 13.0. The average Bonchev–Trinajstić information content (AvgIpc) is 2.81. The van der Waals surface area contributed by atoms with E-state index in [0.717, 1.165) is 11.6 Å². The lowest BCUT2D eigenvalue weighted by molar-refractivity contribution is -0.385. The van der Waals surface area contributed by atoms with Crippen molar-refractivity contribution in [2.75, 3.05) is 4.72 Å². The van der Waals surface area contributed by atoms with E-state index in [4.69, 9.17) is 0 Å². The van der Waals surface area contributed by atoms with E-state index in [0.29, 0.717) is 21.4 Å². The van der Waals surface area contributed by atoms with Crippen LogP contribution in [0.1, 0.15) is 5.56 Å². The van der Waals surface area contributed by atoms with Gasteiger partial charge in [0.25, 0.3) is 15.7 Å². The normalized spacial score (nSPS) is 11.4. The first-order valence-electron chi connectivity index (χ1n) is 9.54. The maximum Gasteiger partial charge on any atom is 0.270 e. The highest BCUT2D eigenvalue weighted by Gasteiger charge is 2.20. The Morgan fingerprint density at radius 1 is 0.906 bits per heavy atom. The molecule has 2 N–H and O–H groups in total. The Bertz CT molecular complexity index is 1410. The van der Waals surface area contributed by atoms with Gasteiger partial charge < -0.3 is 5.11 Å². The zero-order valence-corrected chi connectivity index (χ0v) is 18.3. The number of hydrogen-bond acceptors (Lipinski definition) is 6. The molecule has 0 aliphatic heterocycles. The van der Waals surface area contributed by atoms with Gasteiger partial charge in [-0.1, -0.05) is 60.7 Å². The molecule has 32 heavy (non-hydrogen) atoms. The van der Waals surface area contributed by atoms with Gasteiger partial charge in [0.2, 0.25) is 0 Å². The molecule has 0 saturated heterocycles. The Morgan fingerprint density at radius 2 is 1.59 bits per heavy atom. The van der Waals surface area contributed by atoms with E-state index >= 15 is 0 Å². The van der Waals surface area contributed by atoms with Crippen molar-refractivity contribution in [1.82, 2.24) is 0 Å². The number of fused-ring (bicyclic) bond motifs is 1. The summed E-state index contributed by atoms with van der Waals surface area (Å²) in [6.07, 6.45) is 0. The molecule has 0 unspecified atom stereocenters. The molecule has 9 heteroatoms. The molecule has 0 saturated carbocycles. The standard InChI is InChI=1S/C23H18N2O5S2/c26-23-20-12-5-4-11-19(20)21(14-22(23)31-15-16-7-2-1-3-8-16)24-32(29,30)18-10-6-9-17(13-18)25(27)28/h1-14,24,26H,15H2. The van der Waals surface area contributed by atoms with Crippen LogP contribution in [0.2, 0.25) is 0 Å². The number of nitro groups is 1. The van der Waals surface area contributed by atoms with Crippen LogP contribution in [-0.2, 0) is 15.8 Å². The van der Waals surface area contributed by atoms with Gasteiger partial charge in [0.05, 0.1) is 20.4 Å². The van der Waals surface area contributed by atoms with Crippen molar-refractivity contribution in [3.63, 3.8) is 0 Å². The third kappa shape index (κ3) is 4.53. The van der Waals surface area contributed by atoms with E-state index in [1.54, 1.807) is 30.3 Å². The van der Waals surface area contributed by atoms with Gasteiger partial charge in [-0.25, -0.2) is 8.42 Å². The number of aromatic hydroxyl groups is 1. The van der Waals surface area contributed by atoms with Crippen LogP contribution in [-0.4, -0.2) is 18.4 Å². The number of hydrogen-bond donors (Lipinski definition) is 2. The largest absolute Gasteiger partial charge is 0.506 e. The Morgan fingerprint density at radius 3 is 2.31 bits per heavy atom. The molecule has 0 spiro atoms. The maximum atomic E-state index is 13.0. The lowest BCUT2D eigenvalue weighted by atomic mass is 10.1. The molecule has 0 aliphatic rings. The van der Waals surface area contributed by atoms with Crippen molar-refractivity contribution in [3.8, 4) is 5.75 Å². The van der Waals surface area contributed by atoms with Crippen LogP contribution in [0, 0.1) is 10.1 Å². The van der Waals surface area contributed by atoms with Crippen LogP contribution in [0.15, 0.2) is 94.7 Å². The topological polar surface area (TPSA) is 110 Å². The molecule has 4 rings (SSSR count). The van der Waals surface area contributed by atoms with Crippen molar-refractivity contribution in [2.24, 2.45) is 0 Å². The highest BCUT2D eigenvalue weighted by atomic mass is 32.2. The fourth-order valence-electron chi connectivity index (χ4n) is 3.23. The highest BCUT2D eigenvalue weighted by molar-refractivity contribution is 7.98. The molecular formula is C23H18N2O5S2. The number of rotatable bonds is 7. The number of thioether (sulfide) groups is 1. The van der Waals surface area contributed by atoms with Crippen molar-refractivity contribution in [3.05, 3.63) is 101 Å². The van der Waals surface area contributed by atoms with Crippen LogP contribution in [0.3, 0.4) is 0 Å². The first kappa shape index (κ1) is 21.7. The molecular weight excluding hydrogens is 448 g/mol. The molecule has 7 nitrogen and oxygen atoms in total. The zero-order chi connectivity index (χ0) is 22.7. The minimum atomic E-state index is -4.10. The highest BCUT2D eigenvalue weighted by Crippen LogP contribution is 2.41. The fourth-order valence-corrected chi connectivity index (χ4v) is 5.30. The molecule has 4 aromatic rings. The van der Waals surface area contributed by atoms with Crippen molar-refractivity contribution in [1.29, 1.82) is 0 Å². The molecule has 0 bridgehead atoms. The van der Waals surface area contributed by atoms with Gasteiger partial charge in [0.15, 0.2) is 0 Å². The number of phenols is 1. The summed E-state index contributed by atoms with van der Waals surface area (Å²) in [6, 6.07) is 23.1. The van der Waals surface area contributed by atoms with Crippen LogP contribution in [0.5, 0.6) is 5.75 Å². The summed E-state index contributed by atoms with van der Waals surface area (Å²) in [5, 5.41) is 22.9. The van der Waals surface area contributed by atoms with Gasteiger partial charge in [-0.05, 0) is 17.7 Å². The summed E-state index contributed by atoms with van der Waals surface area (Å²) in [6.45, 7) is 0. The first-order chi connectivity index (χ1) is 15.3. The number of benzene rings is 4. The molecule has 0 amide bonds. The van der Waals surface area contributed by atoms with Crippen LogP contribution in [0.25, 0.3) is 10.8 Å². The van der Waals surface area contributed by atoms with Gasteiger partial charge in [-0.2, -0.15) is 0 Å². The molecule has 162 valence electrons. The molecule has 0 fully saturated rings. The zero-order valence-electron chi connectivity index (χ0n) is 16.6. The van der Waals surface area contributed by atoms with E-state index in [1.807, 2.05) is 30.3 Å². The third-order valence-electron chi connectivity index (χ3n) is 4.80. The van der Waals surface area contributed by atoms with Crippen molar-refractivity contribution < 1.29 is 18.4 Å². The van der Waals surface area contributed by atoms with Gasteiger partial charge in [-0.3, -0.25) is 14.8 Å². The number of nitrogens with one attached hydrogen (secondary N) is 1. The predicted molar refractivity (Wildman–Crippen MR) is 126 cm³/mol. The van der Waals surface area contributed by atoms with E-state index in [-0.39, 0.29) is 22.0 Å². The smallest absolute Gasteiger partial charge is 0.270 e. The predicted octanol–water partition coefficient (Wildman–Crippen LogP) is 5.55. The average molecular weight is 467 g/mol. The Balaban J connectivity index is 1.73. The lowest BCUT2D eigenvalue weighted by Crippen LogP contribution is -2.13. The molecule has 0 aromatic heterocycles. The summed E-state index contributed by atoms with van der Waals surface area (Å²) in [7, 11) is -4.10. The Hall–Kier alpha value is -3.56. The summed E-state index contributed by atoms with van der Waals surface area (Å²) in [5.41, 5.74) is 1.02. The summed E-state index contributed by atoms with van der Waals surface area (Å²) < 4.78 is 28.5. The second kappa shape index (κ2) is 8.89.